The van der Waals surface area contributed by atoms with Crippen molar-refractivity contribution in [3.05, 3.63) is 23.8 Å². The monoisotopic (exact) mass is 288 g/mol. The summed E-state index contributed by atoms with van der Waals surface area (Å²) in [5.41, 5.74) is 1.94. The van der Waals surface area contributed by atoms with E-state index in [9.17, 15) is 5.26 Å². The van der Waals surface area contributed by atoms with Gasteiger partial charge in [-0.25, -0.2) is 0 Å². The SMILES string of the molecule is CCSc1cccc(N2CCOC3CCCC32)c1C#N. The minimum Gasteiger partial charge on any atom is -0.374 e. The molecule has 2 aliphatic rings. The molecule has 0 N–H and O–H groups in total. The Bertz CT molecular complexity index is 526. The first kappa shape index (κ1) is 13.8. The van der Waals surface area contributed by atoms with Crippen molar-refractivity contribution < 1.29 is 4.74 Å². The van der Waals surface area contributed by atoms with Gasteiger partial charge in [0.1, 0.15) is 6.07 Å². The van der Waals surface area contributed by atoms with E-state index in [0.717, 1.165) is 41.5 Å². The van der Waals surface area contributed by atoms with Crippen molar-refractivity contribution in [3.8, 4) is 6.07 Å². The van der Waals surface area contributed by atoms with Crippen molar-refractivity contribution in [3.63, 3.8) is 0 Å². The fraction of sp³-hybridized carbons (Fsp3) is 0.562. The molecule has 4 heteroatoms. The van der Waals surface area contributed by atoms with E-state index in [1.807, 2.05) is 0 Å². The van der Waals surface area contributed by atoms with Gasteiger partial charge in [-0.05, 0) is 37.1 Å². The Balaban J connectivity index is 1.96. The minimum absolute atomic E-state index is 0.359. The maximum atomic E-state index is 9.58. The number of benzene rings is 1. The number of morpholine rings is 1. The molecule has 0 radical (unpaired) electrons. The lowest BCUT2D eigenvalue weighted by Gasteiger charge is -2.40. The third-order valence-electron chi connectivity index (χ3n) is 4.21. The lowest BCUT2D eigenvalue weighted by Crippen LogP contribution is -2.49. The first-order valence-corrected chi connectivity index (χ1v) is 8.38. The molecule has 1 aliphatic carbocycles. The molecule has 0 spiro atoms. The van der Waals surface area contributed by atoms with E-state index in [1.165, 1.54) is 12.8 Å². The van der Waals surface area contributed by atoms with Crippen LogP contribution in [0.15, 0.2) is 23.1 Å². The Morgan fingerprint density at radius 2 is 2.35 bits per heavy atom. The summed E-state index contributed by atoms with van der Waals surface area (Å²) in [5.74, 6) is 0.993. The van der Waals surface area contributed by atoms with E-state index in [2.05, 4.69) is 36.1 Å². The normalized spacial score (nSPS) is 25.3. The molecule has 106 valence electrons. The van der Waals surface area contributed by atoms with Crippen LogP contribution in [0.25, 0.3) is 0 Å². The molecular formula is C16H20N2OS. The van der Waals surface area contributed by atoms with Gasteiger partial charge in [-0.2, -0.15) is 5.26 Å². The summed E-state index contributed by atoms with van der Waals surface area (Å²) in [4.78, 5) is 3.52. The highest BCUT2D eigenvalue weighted by Gasteiger charge is 2.37. The molecule has 1 saturated heterocycles. The van der Waals surface area contributed by atoms with Gasteiger partial charge < -0.3 is 9.64 Å². The molecule has 20 heavy (non-hydrogen) atoms. The minimum atomic E-state index is 0.359. The molecule has 1 aliphatic heterocycles. The third-order valence-corrected chi connectivity index (χ3v) is 5.15. The van der Waals surface area contributed by atoms with E-state index in [4.69, 9.17) is 4.74 Å². The highest BCUT2D eigenvalue weighted by Crippen LogP contribution is 2.37. The second-order valence-corrected chi connectivity index (χ2v) is 6.60. The third kappa shape index (κ3) is 2.41. The molecule has 0 aromatic heterocycles. The summed E-state index contributed by atoms with van der Waals surface area (Å²) in [6, 6.07) is 9.11. The first-order chi connectivity index (χ1) is 9.85. The second kappa shape index (κ2) is 6.07. The highest BCUT2D eigenvalue weighted by molar-refractivity contribution is 7.99. The zero-order valence-corrected chi connectivity index (χ0v) is 12.7. The molecule has 3 nitrogen and oxygen atoms in total. The number of hydrogen-bond donors (Lipinski definition) is 0. The van der Waals surface area contributed by atoms with Crippen LogP contribution >= 0.6 is 11.8 Å². The van der Waals surface area contributed by atoms with Gasteiger partial charge in [0.25, 0.3) is 0 Å². The van der Waals surface area contributed by atoms with E-state index in [1.54, 1.807) is 11.8 Å². The quantitative estimate of drug-likeness (QED) is 0.798. The van der Waals surface area contributed by atoms with Crippen LogP contribution in [0, 0.1) is 11.3 Å². The predicted octanol–water partition coefficient (Wildman–Crippen LogP) is 3.43. The zero-order valence-electron chi connectivity index (χ0n) is 11.8. The first-order valence-electron chi connectivity index (χ1n) is 7.39. The Hall–Kier alpha value is -1.18. The fourth-order valence-electron chi connectivity index (χ4n) is 3.37. The largest absolute Gasteiger partial charge is 0.374 e. The Kier molecular flexibility index (Phi) is 4.18. The van der Waals surface area contributed by atoms with Crippen LogP contribution < -0.4 is 4.90 Å². The van der Waals surface area contributed by atoms with Gasteiger partial charge in [-0.3, -0.25) is 0 Å². The van der Waals surface area contributed by atoms with Crippen LogP contribution in [0.1, 0.15) is 31.7 Å². The summed E-state index contributed by atoms with van der Waals surface area (Å²) in [6.07, 6.45) is 3.93. The molecular weight excluding hydrogens is 268 g/mol. The molecule has 2 atom stereocenters. The van der Waals surface area contributed by atoms with Crippen LogP contribution in [0.2, 0.25) is 0 Å². The van der Waals surface area contributed by atoms with Gasteiger partial charge in [-0.15, -0.1) is 11.8 Å². The topological polar surface area (TPSA) is 36.3 Å². The average molecular weight is 288 g/mol. The van der Waals surface area contributed by atoms with E-state index in [-0.39, 0.29) is 0 Å². The number of hydrogen-bond acceptors (Lipinski definition) is 4. The van der Waals surface area contributed by atoms with Gasteiger partial charge >= 0.3 is 0 Å². The van der Waals surface area contributed by atoms with Gasteiger partial charge in [0.2, 0.25) is 0 Å². The molecule has 0 amide bonds. The van der Waals surface area contributed by atoms with Crippen LogP contribution in [-0.2, 0) is 4.74 Å². The molecule has 3 rings (SSSR count). The van der Waals surface area contributed by atoms with Crippen molar-refractivity contribution in [2.45, 2.75) is 43.2 Å². The van der Waals surface area contributed by atoms with Crippen molar-refractivity contribution in [2.24, 2.45) is 0 Å². The second-order valence-electron chi connectivity index (χ2n) is 5.30. The number of ether oxygens (including phenoxy) is 1. The van der Waals surface area contributed by atoms with E-state index >= 15 is 0 Å². The highest BCUT2D eigenvalue weighted by atomic mass is 32.2. The van der Waals surface area contributed by atoms with Gasteiger partial charge in [0.15, 0.2) is 0 Å². The molecule has 2 fully saturated rings. The van der Waals surface area contributed by atoms with Crippen molar-refractivity contribution in [1.82, 2.24) is 0 Å². The number of anilines is 1. The summed E-state index contributed by atoms with van der Waals surface area (Å²) in [5, 5.41) is 9.58. The summed E-state index contributed by atoms with van der Waals surface area (Å²) >= 11 is 1.75. The summed E-state index contributed by atoms with van der Waals surface area (Å²) in [6.45, 7) is 3.80. The van der Waals surface area contributed by atoms with Crippen molar-refractivity contribution >= 4 is 17.4 Å². The van der Waals surface area contributed by atoms with Gasteiger partial charge in [0.05, 0.1) is 30.0 Å². The standard InChI is InChI=1S/C16H20N2OS/c1-2-20-16-8-4-5-13(12(16)11-17)18-9-10-19-15-7-3-6-14(15)18/h4-5,8,14-15H,2-3,6-7,9-10H2,1H3. The lowest BCUT2D eigenvalue weighted by molar-refractivity contribution is 0.0256. The molecule has 1 aromatic rings. The lowest BCUT2D eigenvalue weighted by atomic mass is 10.1. The van der Waals surface area contributed by atoms with Crippen LogP contribution in [0.4, 0.5) is 5.69 Å². The molecule has 1 saturated carbocycles. The van der Waals surface area contributed by atoms with Crippen LogP contribution in [-0.4, -0.2) is 31.1 Å². The van der Waals surface area contributed by atoms with Gasteiger partial charge in [-0.1, -0.05) is 13.0 Å². The zero-order chi connectivity index (χ0) is 13.9. The molecule has 0 bridgehead atoms. The Labute approximate surface area is 124 Å². The average Bonchev–Trinajstić information content (AvgIpc) is 2.95. The smallest absolute Gasteiger partial charge is 0.103 e. The maximum absolute atomic E-state index is 9.58. The molecule has 2 unspecified atom stereocenters. The summed E-state index contributed by atoms with van der Waals surface area (Å²) in [7, 11) is 0. The molecule has 1 aromatic carbocycles. The maximum Gasteiger partial charge on any atom is 0.103 e. The van der Waals surface area contributed by atoms with Crippen LogP contribution in [0.3, 0.4) is 0 Å². The number of thioether (sulfide) groups is 1. The Morgan fingerprint density at radius 3 is 3.15 bits per heavy atom. The number of nitrogens with zero attached hydrogens (tertiary/aromatic N) is 2. The summed E-state index contributed by atoms with van der Waals surface area (Å²) < 4.78 is 5.88. The number of fused-ring (bicyclic) bond motifs is 1. The number of rotatable bonds is 3. The van der Waals surface area contributed by atoms with E-state index in [0.29, 0.717) is 12.1 Å². The van der Waals surface area contributed by atoms with E-state index < -0.39 is 0 Å². The predicted molar refractivity (Wildman–Crippen MR) is 82.3 cm³/mol. The Morgan fingerprint density at radius 1 is 1.45 bits per heavy atom. The van der Waals surface area contributed by atoms with Crippen molar-refractivity contribution in [2.75, 3.05) is 23.8 Å². The number of nitriles is 1. The molecule has 1 heterocycles. The van der Waals surface area contributed by atoms with Crippen LogP contribution in [0.5, 0.6) is 0 Å². The fourth-order valence-corrected chi connectivity index (χ4v) is 4.15. The van der Waals surface area contributed by atoms with Crippen molar-refractivity contribution in [1.29, 1.82) is 5.26 Å². The van der Waals surface area contributed by atoms with Gasteiger partial charge in [0, 0.05) is 11.4 Å².